The lowest BCUT2D eigenvalue weighted by molar-refractivity contribution is -0.114. The van der Waals surface area contributed by atoms with Crippen LogP contribution in [0.2, 0.25) is 0 Å². The van der Waals surface area contributed by atoms with E-state index in [1.54, 1.807) is 42.5 Å². The minimum atomic E-state index is -3.95. The maximum absolute atomic E-state index is 12.6. The Morgan fingerprint density at radius 1 is 0.955 bits per heavy atom. The number of nitrogens with one attached hydrogen (secondary N) is 1. The van der Waals surface area contributed by atoms with Gasteiger partial charge in [-0.3, -0.25) is 4.79 Å². The van der Waals surface area contributed by atoms with Crippen molar-refractivity contribution in [2.75, 3.05) is 5.32 Å². The van der Waals surface area contributed by atoms with Crippen LogP contribution in [0.25, 0.3) is 0 Å². The zero-order valence-electron chi connectivity index (χ0n) is 11.0. The normalized spacial score (nSPS) is 12.0. The van der Waals surface area contributed by atoms with Crippen LogP contribution in [-0.2, 0) is 14.6 Å². The van der Waals surface area contributed by atoms with E-state index in [2.05, 4.69) is 53.1 Å². The molecule has 0 saturated heterocycles. The number of carbonyl (C=O) groups excluding carboxylic acids is 1. The first-order chi connectivity index (χ1) is 10.2. The van der Waals surface area contributed by atoms with Gasteiger partial charge in [0.05, 0.1) is 4.90 Å². The molecule has 0 radical (unpaired) electrons. The van der Waals surface area contributed by atoms with Crippen LogP contribution < -0.4 is 5.32 Å². The summed E-state index contributed by atoms with van der Waals surface area (Å²) < 4.78 is 24.1. The Balaban J connectivity index is 2.29. The van der Waals surface area contributed by atoms with Gasteiger partial charge in [-0.05, 0) is 68.3 Å². The number of anilines is 1. The molecule has 0 aliphatic heterocycles. The molecule has 0 saturated carbocycles. The highest BCUT2D eigenvalue weighted by atomic mass is 79.9. The van der Waals surface area contributed by atoms with Crippen molar-refractivity contribution in [3.05, 3.63) is 59.1 Å². The quantitative estimate of drug-likeness (QED) is 0.622. The molecule has 2 aromatic carbocycles. The molecule has 2 aromatic rings. The highest BCUT2D eigenvalue weighted by Crippen LogP contribution is 2.38. The molecule has 4 nitrogen and oxygen atoms in total. The van der Waals surface area contributed by atoms with Gasteiger partial charge in [-0.1, -0.05) is 34.1 Å². The van der Waals surface area contributed by atoms with E-state index in [0.717, 1.165) is 4.47 Å². The van der Waals surface area contributed by atoms with E-state index in [9.17, 15) is 13.2 Å². The van der Waals surface area contributed by atoms with E-state index in [0.29, 0.717) is 5.69 Å². The third kappa shape index (κ3) is 3.61. The topological polar surface area (TPSA) is 63.2 Å². The molecule has 0 aromatic heterocycles. The molecule has 8 heteroatoms. The largest absolute Gasteiger partial charge is 0.323 e. The zero-order valence-corrected chi connectivity index (χ0v) is 16.5. The van der Waals surface area contributed by atoms with Gasteiger partial charge in [-0.15, -0.1) is 0 Å². The van der Waals surface area contributed by atoms with Gasteiger partial charge in [-0.25, -0.2) is 8.42 Å². The number of amides is 1. The molecule has 0 atom stereocenters. The fourth-order valence-electron chi connectivity index (χ4n) is 1.61. The number of hydrogen-bond acceptors (Lipinski definition) is 3. The molecule has 0 unspecified atom stereocenters. The summed E-state index contributed by atoms with van der Waals surface area (Å²) in [6.07, 6.45) is 0. The maximum atomic E-state index is 12.6. The average molecular weight is 512 g/mol. The summed E-state index contributed by atoms with van der Waals surface area (Å²) in [5.74, 6) is -0.737. The number of benzene rings is 2. The Morgan fingerprint density at radius 3 is 2.05 bits per heavy atom. The van der Waals surface area contributed by atoms with E-state index >= 15 is 0 Å². The van der Waals surface area contributed by atoms with E-state index < -0.39 is 18.3 Å². The number of hydrogen-bond donors (Lipinski definition) is 1. The number of carbonyl (C=O) groups is 1. The van der Waals surface area contributed by atoms with Gasteiger partial charge >= 0.3 is 0 Å². The van der Waals surface area contributed by atoms with Crippen molar-refractivity contribution in [2.24, 2.45) is 0 Å². The van der Waals surface area contributed by atoms with Crippen LogP contribution in [-0.4, -0.2) is 16.9 Å². The van der Waals surface area contributed by atoms with Gasteiger partial charge in [0.15, 0.2) is 0 Å². The predicted molar refractivity (Wildman–Crippen MR) is 97.0 cm³/mol. The molecule has 1 amide bonds. The van der Waals surface area contributed by atoms with Crippen LogP contribution in [0.5, 0.6) is 0 Å². The smallest absolute Gasteiger partial charge is 0.268 e. The second-order valence-electron chi connectivity index (χ2n) is 4.29. The second kappa shape index (κ2) is 6.82. The number of halogens is 3. The van der Waals surface area contributed by atoms with Gasteiger partial charge in [0.1, 0.15) is 0 Å². The lowest BCUT2D eigenvalue weighted by atomic mass is 10.3. The van der Waals surface area contributed by atoms with E-state index in [1.807, 2.05) is 0 Å². The first kappa shape index (κ1) is 17.7. The van der Waals surface area contributed by atoms with Gasteiger partial charge < -0.3 is 5.32 Å². The third-order valence-electron chi connectivity index (χ3n) is 2.76. The Kier molecular flexibility index (Phi) is 5.47. The molecular formula is C14H10Br3NO3S. The summed E-state index contributed by atoms with van der Waals surface area (Å²) >= 11 is 9.26. The monoisotopic (exact) mass is 509 g/mol. The summed E-state index contributed by atoms with van der Waals surface area (Å²) in [6.45, 7) is 0. The lowest BCUT2D eigenvalue weighted by Crippen LogP contribution is -2.39. The van der Waals surface area contributed by atoms with Crippen molar-refractivity contribution in [1.82, 2.24) is 0 Å². The number of alkyl halides is 2. The molecule has 2 rings (SSSR count). The van der Waals surface area contributed by atoms with Crippen LogP contribution in [0.1, 0.15) is 0 Å². The maximum Gasteiger partial charge on any atom is 0.268 e. The van der Waals surface area contributed by atoms with Gasteiger partial charge in [0.25, 0.3) is 8.47 Å². The average Bonchev–Trinajstić information content (AvgIpc) is 2.50. The molecule has 0 spiro atoms. The molecular weight excluding hydrogens is 502 g/mol. The van der Waals surface area contributed by atoms with E-state index in [4.69, 9.17) is 0 Å². The van der Waals surface area contributed by atoms with Crippen molar-refractivity contribution < 1.29 is 13.2 Å². The van der Waals surface area contributed by atoms with Crippen molar-refractivity contribution in [3.8, 4) is 0 Å². The first-order valence-corrected chi connectivity index (χ1v) is 9.86. The molecule has 0 heterocycles. The molecule has 0 aliphatic carbocycles. The summed E-state index contributed by atoms with van der Waals surface area (Å²) in [6, 6.07) is 14.5. The number of sulfone groups is 1. The Labute approximate surface area is 153 Å². The summed E-state index contributed by atoms with van der Waals surface area (Å²) in [5.41, 5.74) is 0.486. The van der Waals surface area contributed by atoms with Crippen molar-refractivity contribution in [3.63, 3.8) is 0 Å². The van der Waals surface area contributed by atoms with E-state index in [-0.39, 0.29) is 4.90 Å². The summed E-state index contributed by atoms with van der Waals surface area (Å²) in [4.78, 5) is 12.4. The van der Waals surface area contributed by atoms with Gasteiger partial charge in [0, 0.05) is 10.2 Å². The Bertz CT molecular complexity index is 775. The predicted octanol–water partition coefficient (Wildman–Crippen LogP) is 4.31. The molecule has 0 aliphatic rings. The molecule has 0 fully saturated rings. The van der Waals surface area contributed by atoms with E-state index in [1.165, 1.54) is 12.1 Å². The third-order valence-corrected chi connectivity index (χ3v) is 8.32. The summed E-state index contributed by atoms with van der Waals surface area (Å²) in [5, 5.41) is 2.55. The number of rotatable bonds is 4. The fourth-order valence-corrected chi connectivity index (χ4v) is 4.30. The highest BCUT2D eigenvalue weighted by molar-refractivity contribution is 9.28. The first-order valence-electron chi connectivity index (χ1n) is 5.99. The SMILES string of the molecule is O=C(Nc1ccc(Br)cc1)C(Br)(Br)S(=O)(=O)c1ccccc1. The van der Waals surface area contributed by atoms with Crippen LogP contribution in [0.4, 0.5) is 5.69 Å². The van der Waals surface area contributed by atoms with Crippen molar-refractivity contribution >= 4 is 69.2 Å². The molecule has 22 heavy (non-hydrogen) atoms. The zero-order chi connectivity index (χ0) is 16.4. The van der Waals surface area contributed by atoms with Crippen LogP contribution in [0.3, 0.4) is 0 Å². The van der Waals surface area contributed by atoms with Crippen LogP contribution in [0.15, 0.2) is 64.0 Å². The Hall–Kier alpha value is -0.700. The fraction of sp³-hybridized carbons (Fsp3) is 0.0714. The highest BCUT2D eigenvalue weighted by Gasteiger charge is 2.47. The van der Waals surface area contributed by atoms with Crippen molar-refractivity contribution in [1.29, 1.82) is 0 Å². The standard InChI is InChI=1S/C14H10Br3NO3S/c15-10-6-8-11(9-7-10)18-13(19)14(16,17)22(20,21)12-4-2-1-3-5-12/h1-9H,(H,18,19). The minimum absolute atomic E-state index is 0.0368. The van der Waals surface area contributed by atoms with Crippen LogP contribution in [0, 0.1) is 0 Å². The molecule has 116 valence electrons. The second-order valence-corrected chi connectivity index (χ2v) is 11.8. The molecule has 1 N–H and O–H groups in total. The minimum Gasteiger partial charge on any atom is -0.323 e. The summed E-state index contributed by atoms with van der Waals surface area (Å²) in [7, 11) is -3.95. The lowest BCUT2D eigenvalue weighted by Gasteiger charge is -2.20. The Morgan fingerprint density at radius 2 is 1.50 bits per heavy atom. The van der Waals surface area contributed by atoms with Crippen LogP contribution >= 0.6 is 47.8 Å². The van der Waals surface area contributed by atoms with Gasteiger partial charge in [0.2, 0.25) is 9.84 Å². The van der Waals surface area contributed by atoms with Crippen molar-refractivity contribution in [2.45, 2.75) is 7.46 Å². The van der Waals surface area contributed by atoms with Gasteiger partial charge in [-0.2, -0.15) is 0 Å². The molecule has 0 bridgehead atoms.